The molecule has 0 saturated heterocycles. The third-order valence-corrected chi connectivity index (χ3v) is 3.14. The van der Waals surface area contributed by atoms with E-state index in [0.717, 1.165) is 25.7 Å². The Balaban J connectivity index is 2.28. The van der Waals surface area contributed by atoms with Crippen LogP contribution in [0, 0.1) is 5.92 Å². The summed E-state index contributed by atoms with van der Waals surface area (Å²) in [7, 11) is 0. The second kappa shape index (κ2) is 5.30. The van der Waals surface area contributed by atoms with Gasteiger partial charge in [-0.15, -0.1) is 0 Å². The maximum Gasteiger partial charge on any atom is 0.308 e. The van der Waals surface area contributed by atoms with Gasteiger partial charge in [0.25, 0.3) is 0 Å². The van der Waals surface area contributed by atoms with Crippen molar-refractivity contribution in [1.82, 2.24) is 5.32 Å². The molecule has 0 heterocycles. The van der Waals surface area contributed by atoms with Crippen molar-refractivity contribution in [3.8, 4) is 0 Å². The van der Waals surface area contributed by atoms with Crippen molar-refractivity contribution in [1.29, 1.82) is 0 Å². The molecule has 16 heavy (non-hydrogen) atoms. The molecule has 0 spiro atoms. The highest BCUT2D eigenvalue weighted by Gasteiger charge is 2.31. The van der Waals surface area contributed by atoms with Crippen LogP contribution in [0.4, 0.5) is 0 Å². The summed E-state index contributed by atoms with van der Waals surface area (Å²) in [6.07, 6.45) is 4.23. The molecule has 0 bridgehead atoms. The molecule has 1 amide bonds. The van der Waals surface area contributed by atoms with Crippen LogP contribution in [0.25, 0.3) is 0 Å². The Morgan fingerprint density at radius 1 is 1.44 bits per heavy atom. The van der Waals surface area contributed by atoms with Crippen LogP contribution in [-0.4, -0.2) is 29.1 Å². The van der Waals surface area contributed by atoms with E-state index in [4.69, 9.17) is 10.8 Å². The molecule has 0 aromatic carbocycles. The minimum absolute atomic E-state index is 0.141. The number of amides is 1. The first-order chi connectivity index (χ1) is 7.43. The molecule has 0 aromatic heterocycles. The third-order valence-electron chi connectivity index (χ3n) is 3.14. The molecular weight excluding hydrogens is 208 g/mol. The molecule has 5 heteroatoms. The predicted octanol–water partition coefficient (Wildman–Crippen LogP) is 0.485. The van der Waals surface area contributed by atoms with Crippen LogP contribution < -0.4 is 11.1 Å². The number of rotatable bonds is 5. The average molecular weight is 228 g/mol. The van der Waals surface area contributed by atoms with Crippen LogP contribution in [-0.2, 0) is 9.59 Å². The number of hydrogen-bond acceptors (Lipinski definition) is 3. The standard InChI is InChI=1S/C11H20N2O3/c1-8(10(15)16)7-13-9(14)6-11(12)4-2-3-5-11/h8H,2-7,12H2,1H3,(H,13,14)(H,15,16). The van der Waals surface area contributed by atoms with Gasteiger partial charge in [-0.25, -0.2) is 0 Å². The molecule has 0 aromatic rings. The van der Waals surface area contributed by atoms with Crippen molar-refractivity contribution in [2.75, 3.05) is 6.54 Å². The lowest BCUT2D eigenvalue weighted by molar-refractivity contribution is -0.141. The van der Waals surface area contributed by atoms with E-state index >= 15 is 0 Å². The quantitative estimate of drug-likeness (QED) is 0.638. The van der Waals surface area contributed by atoms with Gasteiger partial charge in [0, 0.05) is 18.5 Å². The minimum atomic E-state index is -0.899. The zero-order valence-corrected chi connectivity index (χ0v) is 9.66. The van der Waals surface area contributed by atoms with Gasteiger partial charge in [-0.1, -0.05) is 19.8 Å². The molecule has 92 valence electrons. The molecule has 1 saturated carbocycles. The van der Waals surface area contributed by atoms with Crippen LogP contribution in [0.1, 0.15) is 39.0 Å². The fourth-order valence-electron chi connectivity index (χ4n) is 1.99. The predicted molar refractivity (Wildman–Crippen MR) is 59.8 cm³/mol. The SMILES string of the molecule is CC(CNC(=O)CC1(N)CCCC1)C(=O)O. The Morgan fingerprint density at radius 3 is 2.50 bits per heavy atom. The van der Waals surface area contributed by atoms with Gasteiger partial charge in [-0.2, -0.15) is 0 Å². The van der Waals surface area contributed by atoms with Crippen molar-refractivity contribution in [3.05, 3.63) is 0 Å². The molecule has 1 atom stereocenters. The van der Waals surface area contributed by atoms with Crippen LogP contribution >= 0.6 is 0 Å². The lowest BCUT2D eigenvalue weighted by Gasteiger charge is -2.22. The van der Waals surface area contributed by atoms with Gasteiger partial charge in [0.05, 0.1) is 5.92 Å². The summed E-state index contributed by atoms with van der Waals surface area (Å²) < 4.78 is 0. The fraction of sp³-hybridized carbons (Fsp3) is 0.818. The first-order valence-electron chi connectivity index (χ1n) is 5.71. The zero-order valence-electron chi connectivity index (χ0n) is 9.66. The largest absolute Gasteiger partial charge is 0.481 e. The molecule has 1 aliphatic carbocycles. The maximum atomic E-state index is 11.5. The Bertz CT molecular complexity index is 272. The topological polar surface area (TPSA) is 92.4 Å². The molecule has 0 aliphatic heterocycles. The number of carbonyl (C=O) groups excluding carboxylic acids is 1. The van der Waals surface area contributed by atoms with E-state index in [1.165, 1.54) is 0 Å². The highest BCUT2D eigenvalue weighted by atomic mass is 16.4. The van der Waals surface area contributed by atoms with E-state index in [1.54, 1.807) is 6.92 Å². The Labute approximate surface area is 95.4 Å². The number of aliphatic carboxylic acids is 1. The number of carboxylic acids is 1. The van der Waals surface area contributed by atoms with Gasteiger partial charge in [0.2, 0.25) is 5.91 Å². The number of carboxylic acid groups (broad SMARTS) is 1. The van der Waals surface area contributed by atoms with Crippen LogP contribution in [0.15, 0.2) is 0 Å². The zero-order chi connectivity index (χ0) is 12.2. The van der Waals surface area contributed by atoms with E-state index in [0.29, 0.717) is 6.42 Å². The highest BCUT2D eigenvalue weighted by Crippen LogP contribution is 2.29. The summed E-state index contributed by atoms with van der Waals surface area (Å²) in [5.74, 6) is -1.60. The fourth-order valence-corrected chi connectivity index (χ4v) is 1.99. The second-order valence-electron chi connectivity index (χ2n) is 4.79. The molecule has 1 aliphatic rings. The van der Waals surface area contributed by atoms with Crippen molar-refractivity contribution < 1.29 is 14.7 Å². The summed E-state index contributed by atoms with van der Waals surface area (Å²) >= 11 is 0. The molecule has 4 N–H and O–H groups in total. The molecule has 1 rings (SSSR count). The first kappa shape index (κ1) is 13.0. The van der Waals surface area contributed by atoms with Crippen molar-refractivity contribution in [3.63, 3.8) is 0 Å². The van der Waals surface area contributed by atoms with E-state index in [1.807, 2.05) is 0 Å². The van der Waals surface area contributed by atoms with Crippen LogP contribution in [0.5, 0.6) is 0 Å². The molecule has 5 nitrogen and oxygen atoms in total. The van der Waals surface area contributed by atoms with E-state index in [9.17, 15) is 9.59 Å². The monoisotopic (exact) mass is 228 g/mol. The van der Waals surface area contributed by atoms with E-state index in [2.05, 4.69) is 5.32 Å². The summed E-state index contributed by atoms with van der Waals surface area (Å²) in [5.41, 5.74) is 5.68. The van der Waals surface area contributed by atoms with Crippen molar-refractivity contribution in [2.45, 2.75) is 44.6 Å². The summed E-state index contributed by atoms with van der Waals surface area (Å²) in [5, 5.41) is 11.3. The first-order valence-corrected chi connectivity index (χ1v) is 5.71. The minimum Gasteiger partial charge on any atom is -0.481 e. The van der Waals surface area contributed by atoms with Gasteiger partial charge in [-0.05, 0) is 12.8 Å². The molecule has 1 fully saturated rings. The summed E-state index contributed by atoms with van der Waals surface area (Å²) in [4.78, 5) is 22.1. The van der Waals surface area contributed by atoms with E-state index in [-0.39, 0.29) is 18.0 Å². The number of nitrogens with two attached hydrogens (primary N) is 1. The number of carbonyl (C=O) groups is 2. The maximum absolute atomic E-state index is 11.5. The number of nitrogens with one attached hydrogen (secondary N) is 1. The normalized spacial score (nSPS) is 20.4. The van der Waals surface area contributed by atoms with Gasteiger partial charge >= 0.3 is 5.97 Å². The molecule has 1 unspecified atom stereocenters. The average Bonchev–Trinajstić information content (AvgIpc) is 2.60. The van der Waals surface area contributed by atoms with Crippen LogP contribution in [0.2, 0.25) is 0 Å². The second-order valence-corrected chi connectivity index (χ2v) is 4.79. The lowest BCUT2D eigenvalue weighted by Crippen LogP contribution is -2.43. The van der Waals surface area contributed by atoms with Crippen LogP contribution in [0.3, 0.4) is 0 Å². The number of hydrogen-bond donors (Lipinski definition) is 3. The van der Waals surface area contributed by atoms with Crippen molar-refractivity contribution >= 4 is 11.9 Å². The Morgan fingerprint density at radius 2 is 2.00 bits per heavy atom. The van der Waals surface area contributed by atoms with Gasteiger partial charge in [0.15, 0.2) is 0 Å². The smallest absolute Gasteiger partial charge is 0.308 e. The van der Waals surface area contributed by atoms with E-state index < -0.39 is 11.9 Å². The van der Waals surface area contributed by atoms with Crippen molar-refractivity contribution in [2.24, 2.45) is 11.7 Å². The highest BCUT2D eigenvalue weighted by molar-refractivity contribution is 5.78. The van der Waals surface area contributed by atoms with Gasteiger partial charge < -0.3 is 16.2 Å². The Kier molecular flexibility index (Phi) is 4.29. The lowest BCUT2D eigenvalue weighted by atomic mass is 9.94. The summed E-state index contributed by atoms with van der Waals surface area (Å²) in [6, 6.07) is 0. The summed E-state index contributed by atoms with van der Waals surface area (Å²) in [6.45, 7) is 1.74. The van der Waals surface area contributed by atoms with Gasteiger partial charge in [-0.3, -0.25) is 9.59 Å². The Hall–Kier alpha value is -1.10. The molecule has 0 radical (unpaired) electrons. The third kappa shape index (κ3) is 3.81. The molecular formula is C11H20N2O3. The van der Waals surface area contributed by atoms with Gasteiger partial charge in [0.1, 0.15) is 0 Å².